The molecule has 1 fully saturated rings. The monoisotopic (exact) mass is 473 g/mol. The van der Waals surface area contributed by atoms with E-state index in [-0.39, 0.29) is 21.9 Å². The number of halogens is 2. The Bertz CT molecular complexity index is 1220. The Morgan fingerprint density at radius 3 is 2.58 bits per heavy atom. The summed E-state index contributed by atoms with van der Waals surface area (Å²) in [5.41, 5.74) is 1.45. The lowest BCUT2D eigenvalue weighted by molar-refractivity contribution is -0.132. The zero-order valence-electron chi connectivity index (χ0n) is 16.6. The second-order valence-corrected chi connectivity index (χ2v) is 8.78. The third-order valence-corrected chi connectivity index (χ3v) is 6.61. The largest absolute Gasteiger partial charge is 0.507 e. The van der Waals surface area contributed by atoms with Gasteiger partial charge >= 0.3 is 0 Å². The number of aliphatic hydroxyl groups excluding tert-OH is 1. The highest BCUT2D eigenvalue weighted by Gasteiger charge is 2.48. The molecule has 1 unspecified atom stereocenters. The molecule has 31 heavy (non-hydrogen) atoms. The minimum Gasteiger partial charge on any atom is -0.507 e. The van der Waals surface area contributed by atoms with Gasteiger partial charge in [0.15, 0.2) is 0 Å². The van der Waals surface area contributed by atoms with Crippen molar-refractivity contribution in [1.82, 2.24) is 0 Å². The van der Waals surface area contributed by atoms with E-state index < -0.39 is 17.7 Å². The van der Waals surface area contributed by atoms with Gasteiger partial charge in [-0.1, -0.05) is 35.3 Å². The van der Waals surface area contributed by atoms with Crippen LogP contribution >= 0.6 is 34.5 Å². The Labute approximate surface area is 193 Å². The number of Topliss-reactive ketones (excluding diaryl/α,β-unsaturated/α-hetero) is 1. The smallest absolute Gasteiger partial charge is 0.300 e. The number of aliphatic hydroxyl groups is 1. The summed E-state index contributed by atoms with van der Waals surface area (Å²) >= 11 is 13.9. The molecule has 0 aliphatic carbocycles. The molecule has 8 heteroatoms. The number of aryl methyl sites for hydroxylation is 1. The lowest BCUT2D eigenvalue weighted by Crippen LogP contribution is -2.29. The molecule has 0 spiro atoms. The Morgan fingerprint density at radius 1 is 1.13 bits per heavy atom. The summed E-state index contributed by atoms with van der Waals surface area (Å²) in [7, 11) is 1.49. The highest BCUT2D eigenvalue weighted by atomic mass is 35.5. The second-order valence-electron chi connectivity index (χ2n) is 6.96. The number of thiophene rings is 1. The van der Waals surface area contributed by atoms with Crippen LogP contribution in [0.4, 0.5) is 5.69 Å². The van der Waals surface area contributed by atoms with Gasteiger partial charge in [-0.05, 0) is 54.3 Å². The fourth-order valence-corrected chi connectivity index (χ4v) is 4.79. The number of amides is 1. The Hall–Kier alpha value is -2.80. The number of nitrogens with zero attached hydrogens (tertiary/aromatic N) is 1. The average molecular weight is 474 g/mol. The molecule has 0 bridgehead atoms. The summed E-state index contributed by atoms with van der Waals surface area (Å²) < 4.78 is 5.22. The van der Waals surface area contributed by atoms with Gasteiger partial charge in [0.1, 0.15) is 17.6 Å². The first-order chi connectivity index (χ1) is 14.8. The van der Waals surface area contributed by atoms with E-state index in [1.807, 2.05) is 24.4 Å². The molecule has 1 N–H and O–H groups in total. The summed E-state index contributed by atoms with van der Waals surface area (Å²) in [6.45, 7) is 1.83. The van der Waals surface area contributed by atoms with Crippen LogP contribution in [0.2, 0.25) is 10.0 Å². The molecule has 1 saturated heterocycles. The Balaban J connectivity index is 1.98. The van der Waals surface area contributed by atoms with Crippen molar-refractivity contribution in [2.24, 2.45) is 0 Å². The maximum absolute atomic E-state index is 13.2. The molecule has 0 saturated carbocycles. The normalized spacial score (nSPS) is 17.9. The quantitative estimate of drug-likeness (QED) is 0.286. The standard InChI is InChI=1S/C23H17Cl2NO4S/c1-12-5-6-13(24)10-17(12)26-20(18-4-3-9-31-18)19(22(28)23(26)29)21(27)15-11-14(30-2)7-8-16(15)25/h3-11,20,27H,1-2H3/b21-19-. The molecule has 0 radical (unpaired) electrons. The van der Waals surface area contributed by atoms with Gasteiger partial charge in [0.2, 0.25) is 0 Å². The van der Waals surface area contributed by atoms with Crippen molar-refractivity contribution in [1.29, 1.82) is 0 Å². The summed E-state index contributed by atoms with van der Waals surface area (Å²) in [4.78, 5) is 28.4. The lowest BCUT2D eigenvalue weighted by Gasteiger charge is -2.26. The van der Waals surface area contributed by atoms with Crippen molar-refractivity contribution in [2.45, 2.75) is 13.0 Å². The van der Waals surface area contributed by atoms with Crippen LogP contribution in [-0.2, 0) is 9.59 Å². The molecule has 5 nitrogen and oxygen atoms in total. The molecule has 4 rings (SSSR count). The van der Waals surface area contributed by atoms with Crippen LogP contribution in [0.25, 0.3) is 5.76 Å². The number of anilines is 1. The van der Waals surface area contributed by atoms with Crippen LogP contribution in [0.15, 0.2) is 59.5 Å². The van der Waals surface area contributed by atoms with Crippen molar-refractivity contribution >= 4 is 57.7 Å². The van der Waals surface area contributed by atoms with Crippen LogP contribution in [-0.4, -0.2) is 23.9 Å². The molecule has 1 atom stereocenters. The molecule has 2 aromatic carbocycles. The molecule has 1 aromatic heterocycles. The highest BCUT2D eigenvalue weighted by Crippen LogP contribution is 2.45. The summed E-state index contributed by atoms with van der Waals surface area (Å²) in [6.07, 6.45) is 0. The van der Waals surface area contributed by atoms with Crippen molar-refractivity contribution in [3.63, 3.8) is 0 Å². The Kier molecular flexibility index (Phi) is 5.79. The average Bonchev–Trinajstić information content (AvgIpc) is 3.37. The van der Waals surface area contributed by atoms with E-state index >= 15 is 0 Å². The number of carbonyl (C=O) groups is 2. The number of hydrogen-bond acceptors (Lipinski definition) is 5. The first-order valence-corrected chi connectivity index (χ1v) is 10.9. The molecule has 2 heterocycles. The van der Waals surface area contributed by atoms with E-state index in [1.165, 1.54) is 29.4 Å². The molecule has 1 amide bonds. The lowest BCUT2D eigenvalue weighted by atomic mass is 9.99. The van der Waals surface area contributed by atoms with E-state index in [0.717, 1.165) is 10.4 Å². The van der Waals surface area contributed by atoms with Crippen LogP contribution in [0.3, 0.4) is 0 Å². The number of ether oxygens (including phenoxy) is 1. The first kappa shape index (κ1) is 21.4. The molecule has 158 valence electrons. The van der Waals surface area contributed by atoms with Crippen LogP contribution in [0.1, 0.15) is 22.0 Å². The fraction of sp³-hybridized carbons (Fsp3) is 0.130. The predicted molar refractivity (Wildman–Crippen MR) is 123 cm³/mol. The summed E-state index contributed by atoms with van der Waals surface area (Å²) in [5, 5.41) is 13.7. The van der Waals surface area contributed by atoms with E-state index in [1.54, 1.807) is 30.3 Å². The molecular weight excluding hydrogens is 457 g/mol. The van der Waals surface area contributed by atoms with Gasteiger partial charge in [-0.25, -0.2) is 0 Å². The molecule has 3 aromatic rings. The minimum atomic E-state index is -0.820. The number of methoxy groups -OCH3 is 1. The van der Waals surface area contributed by atoms with Crippen molar-refractivity contribution < 1.29 is 19.4 Å². The molecule has 1 aliphatic heterocycles. The third kappa shape index (κ3) is 3.71. The number of carbonyl (C=O) groups excluding carboxylic acids is 2. The predicted octanol–water partition coefficient (Wildman–Crippen LogP) is 6.00. The van der Waals surface area contributed by atoms with E-state index in [0.29, 0.717) is 16.5 Å². The second kappa shape index (κ2) is 8.38. The molecule has 1 aliphatic rings. The zero-order chi connectivity index (χ0) is 22.3. The maximum Gasteiger partial charge on any atom is 0.300 e. The van der Waals surface area contributed by atoms with Gasteiger partial charge in [-0.3, -0.25) is 14.5 Å². The van der Waals surface area contributed by atoms with Gasteiger partial charge in [0.25, 0.3) is 11.7 Å². The SMILES string of the molecule is COc1ccc(Cl)c(/C(O)=C2/C(=O)C(=O)N(c3cc(Cl)ccc3C)C2c2cccs2)c1. The van der Waals surface area contributed by atoms with Crippen molar-refractivity contribution in [3.05, 3.63) is 85.5 Å². The van der Waals surface area contributed by atoms with Gasteiger partial charge in [0.05, 0.1) is 17.7 Å². The summed E-state index contributed by atoms with van der Waals surface area (Å²) in [6, 6.07) is 12.7. The number of rotatable bonds is 4. The first-order valence-electron chi connectivity index (χ1n) is 9.28. The van der Waals surface area contributed by atoms with Gasteiger partial charge in [-0.2, -0.15) is 0 Å². The van der Waals surface area contributed by atoms with Gasteiger partial charge in [-0.15, -0.1) is 11.3 Å². The van der Waals surface area contributed by atoms with Crippen LogP contribution in [0.5, 0.6) is 5.75 Å². The van der Waals surface area contributed by atoms with E-state index in [9.17, 15) is 14.7 Å². The molecular formula is C23H17Cl2NO4S. The minimum absolute atomic E-state index is 0.0398. The maximum atomic E-state index is 13.2. The highest BCUT2D eigenvalue weighted by molar-refractivity contribution is 7.10. The van der Waals surface area contributed by atoms with Gasteiger partial charge < -0.3 is 9.84 Å². The van der Waals surface area contributed by atoms with Crippen LogP contribution in [0, 0.1) is 6.92 Å². The Morgan fingerprint density at radius 2 is 1.90 bits per heavy atom. The topological polar surface area (TPSA) is 66.8 Å². The summed E-state index contributed by atoms with van der Waals surface area (Å²) in [5.74, 6) is -1.44. The van der Waals surface area contributed by atoms with Gasteiger partial charge in [0, 0.05) is 21.2 Å². The van der Waals surface area contributed by atoms with E-state index in [2.05, 4.69) is 0 Å². The fourth-order valence-electron chi connectivity index (χ4n) is 3.60. The zero-order valence-corrected chi connectivity index (χ0v) is 18.9. The van der Waals surface area contributed by atoms with Crippen molar-refractivity contribution in [2.75, 3.05) is 12.0 Å². The third-order valence-electron chi connectivity index (χ3n) is 5.12. The number of ketones is 1. The van der Waals surface area contributed by atoms with E-state index in [4.69, 9.17) is 27.9 Å². The van der Waals surface area contributed by atoms with Crippen molar-refractivity contribution in [3.8, 4) is 5.75 Å². The van der Waals surface area contributed by atoms with Crippen LogP contribution < -0.4 is 9.64 Å². The number of benzene rings is 2. The number of hydrogen-bond donors (Lipinski definition) is 1.